The number of hydrogen-bond acceptors (Lipinski definition) is 6. The van der Waals surface area contributed by atoms with Gasteiger partial charge >= 0.3 is 0 Å². The number of aromatic nitrogens is 2. The van der Waals surface area contributed by atoms with Crippen molar-refractivity contribution in [2.75, 3.05) is 12.5 Å². The van der Waals surface area contributed by atoms with E-state index in [1.165, 1.54) is 13.0 Å². The van der Waals surface area contributed by atoms with Gasteiger partial charge in [-0.05, 0) is 13.0 Å². The zero-order valence-electron chi connectivity index (χ0n) is 8.42. The van der Waals surface area contributed by atoms with Crippen molar-refractivity contribution in [2.45, 2.75) is 17.1 Å². The van der Waals surface area contributed by atoms with Crippen LogP contribution in [-0.4, -0.2) is 39.3 Å². The van der Waals surface area contributed by atoms with Gasteiger partial charge in [0.05, 0.1) is 0 Å². The van der Waals surface area contributed by atoms with Crippen molar-refractivity contribution < 1.29 is 16.8 Å². The second-order valence-electron chi connectivity index (χ2n) is 3.17. The summed E-state index contributed by atoms with van der Waals surface area (Å²) >= 11 is 0. The molecule has 0 aliphatic rings. The second-order valence-corrected chi connectivity index (χ2v) is 7.05. The number of aryl methyl sites for hydroxylation is 1. The predicted molar refractivity (Wildman–Crippen MR) is 53.0 cm³/mol. The molecule has 0 bridgehead atoms. The minimum atomic E-state index is -3.59. The maximum absolute atomic E-state index is 11.2. The topological polar surface area (TPSA) is 94.1 Å². The largest absolute Gasteiger partial charge is 0.248 e. The van der Waals surface area contributed by atoms with Crippen LogP contribution in [0.5, 0.6) is 0 Å². The molecule has 0 aliphatic carbocycles. The van der Waals surface area contributed by atoms with Gasteiger partial charge in [-0.25, -0.2) is 26.8 Å². The van der Waals surface area contributed by atoms with Gasteiger partial charge in [-0.1, -0.05) is 0 Å². The Balaban J connectivity index is 3.57. The van der Waals surface area contributed by atoms with Crippen LogP contribution in [0.3, 0.4) is 0 Å². The van der Waals surface area contributed by atoms with E-state index in [1.807, 2.05) is 0 Å². The summed E-state index contributed by atoms with van der Waals surface area (Å²) < 4.78 is 44.6. The lowest BCUT2D eigenvalue weighted by atomic mass is 10.5. The highest BCUT2D eigenvalue weighted by Gasteiger charge is 2.17. The van der Waals surface area contributed by atoms with Crippen molar-refractivity contribution in [1.82, 2.24) is 9.97 Å². The minimum Gasteiger partial charge on any atom is -0.224 e. The fraction of sp³-hybridized carbons (Fsp3) is 0.429. The second kappa shape index (κ2) is 3.53. The summed E-state index contributed by atoms with van der Waals surface area (Å²) in [6.07, 6.45) is 1.88. The molecular weight excluding hydrogens is 240 g/mol. The summed E-state index contributed by atoms with van der Waals surface area (Å²) in [5.41, 5.74) is 0.297. The van der Waals surface area contributed by atoms with Gasteiger partial charge < -0.3 is 0 Å². The summed E-state index contributed by atoms with van der Waals surface area (Å²) in [7, 11) is -7.12. The summed E-state index contributed by atoms with van der Waals surface area (Å²) in [6, 6.07) is 1.23. The van der Waals surface area contributed by atoms with Crippen molar-refractivity contribution in [3.05, 3.63) is 11.8 Å². The van der Waals surface area contributed by atoms with Gasteiger partial charge in [-0.3, -0.25) is 0 Å². The average Bonchev–Trinajstić information content (AvgIpc) is 1.99. The maximum Gasteiger partial charge on any atom is 0.248 e. The molecule has 0 saturated carbocycles. The van der Waals surface area contributed by atoms with E-state index in [1.54, 1.807) is 0 Å². The highest BCUT2D eigenvalue weighted by molar-refractivity contribution is 7.91. The third-order valence-electron chi connectivity index (χ3n) is 1.52. The molecule has 1 aromatic heterocycles. The zero-order valence-corrected chi connectivity index (χ0v) is 10.1. The van der Waals surface area contributed by atoms with Crippen molar-refractivity contribution >= 4 is 19.7 Å². The molecule has 0 fully saturated rings. The van der Waals surface area contributed by atoms with Gasteiger partial charge in [0.25, 0.3) is 0 Å². The van der Waals surface area contributed by atoms with Crippen LogP contribution < -0.4 is 0 Å². The highest BCUT2D eigenvalue weighted by Crippen LogP contribution is 2.10. The van der Waals surface area contributed by atoms with Gasteiger partial charge in [0, 0.05) is 18.2 Å². The molecule has 0 aliphatic heterocycles. The molecule has 0 unspecified atom stereocenters. The Hall–Kier alpha value is -1.02. The van der Waals surface area contributed by atoms with E-state index in [0.717, 1.165) is 12.5 Å². The van der Waals surface area contributed by atoms with E-state index in [2.05, 4.69) is 9.97 Å². The first-order chi connectivity index (χ1) is 6.60. The quantitative estimate of drug-likeness (QED) is 0.523. The van der Waals surface area contributed by atoms with Crippen LogP contribution in [0.2, 0.25) is 0 Å². The Morgan fingerprint density at radius 2 is 1.53 bits per heavy atom. The molecule has 0 N–H and O–H groups in total. The van der Waals surface area contributed by atoms with Gasteiger partial charge in [0.2, 0.25) is 15.0 Å². The first-order valence-electron chi connectivity index (χ1n) is 3.86. The van der Waals surface area contributed by atoms with Crippen LogP contribution in [-0.2, 0) is 19.7 Å². The Labute approximate surface area is 88.2 Å². The molecule has 0 radical (unpaired) electrons. The van der Waals surface area contributed by atoms with E-state index in [-0.39, 0.29) is 5.03 Å². The SMILES string of the molecule is Cc1cc(S(C)(=O)=O)nc(S(C)(=O)=O)n1. The van der Waals surface area contributed by atoms with E-state index >= 15 is 0 Å². The van der Waals surface area contributed by atoms with Crippen LogP contribution in [0.15, 0.2) is 16.2 Å². The van der Waals surface area contributed by atoms with Gasteiger partial charge in [0.1, 0.15) is 0 Å². The maximum atomic E-state index is 11.2. The van der Waals surface area contributed by atoms with E-state index in [9.17, 15) is 16.8 Å². The first kappa shape index (κ1) is 12.1. The highest BCUT2D eigenvalue weighted by atomic mass is 32.2. The standard InChI is InChI=1S/C7H10N2O4S2/c1-5-4-6(14(2,10)11)9-7(8-5)15(3,12)13/h4H,1-3H3. The van der Waals surface area contributed by atoms with E-state index in [4.69, 9.17) is 0 Å². The van der Waals surface area contributed by atoms with Crippen LogP contribution in [0.1, 0.15) is 5.69 Å². The number of nitrogens with zero attached hydrogens (tertiary/aromatic N) is 2. The van der Waals surface area contributed by atoms with Crippen molar-refractivity contribution in [3.8, 4) is 0 Å². The van der Waals surface area contributed by atoms with Crippen LogP contribution in [0.25, 0.3) is 0 Å². The monoisotopic (exact) mass is 250 g/mol. The average molecular weight is 250 g/mol. The smallest absolute Gasteiger partial charge is 0.224 e. The van der Waals surface area contributed by atoms with Gasteiger partial charge in [0.15, 0.2) is 14.9 Å². The molecule has 1 heterocycles. The molecule has 15 heavy (non-hydrogen) atoms. The fourth-order valence-electron chi connectivity index (χ4n) is 0.869. The van der Waals surface area contributed by atoms with Gasteiger partial charge in [-0.2, -0.15) is 0 Å². The molecule has 0 saturated heterocycles. The molecule has 0 atom stereocenters. The summed E-state index contributed by atoms with van der Waals surface area (Å²) in [6.45, 7) is 1.50. The van der Waals surface area contributed by atoms with Crippen molar-refractivity contribution in [1.29, 1.82) is 0 Å². The summed E-state index contributed by atoms with van der Waals surface area (Å²) in [5.74, 6) is 0. The lowest BCUT2D eigenvalue weighted by molar-refractivity contribution is 0.583. The minimum absolute atomic E-state index is 0.282. The summed E-state index contributed by atoms with van der Waals surface area (Å²) in [5, 5.41) is -0.752. The van der Waals surface area contributed by atoms with Crippen molar-refractivity contribution in [2.24, 2.45) is 0 Å². The van der Waals surface area contributed by atoms with Crippen LogP contribution in [0, 0.1) is 6.92 Å². The van der Waals surface area contributed by atoms with E-state index < -0.39 is 24.8 Å². The lowest BCUT2D eigenvalue weighted by Gasteiger charge is -2.02. The third-order valence-corrected chi connectivity index (χ3v) is 3.34. The van der Waals surface area contributed by atoms with Gasteiger partial charge in [-0.15, -0.1) is 0 Å². The molecule has 1 aromatic rings. The molecule has 8 heteroatoms. The molecular formula is C7H10N2O4S2. The molecule has 1 rings (SSSR count). The molecule has 0 aromatic carbocycles. The molecule has 6 nitrogen and oxygen atoms in total. The Morgan fingerprint density at radius 1 is 1.00 bits per heavy atom. The van der Waals surface area contributed by atoms with Crippen LogP contribution >= 0.6 is 0 Å². The normalized spacial score (nSPS) is 12.7. The van der Waals surface area contributed by atoms with Crippen LogP contribution in [0.4, 0.5) is 0 Å². The number of rotatable bonds is 2. The fourth-order valence-corrected chi connectivity index (χ4v) is 2.14. The Bertz CT molecular complexity index is 539. The number of hydrogen-bond donors (Lipinski definition) is 0. The molecule has 0 spiro atoms. The number of sulfone groups is 2. The third kappa shape index (κ3) is 2.96. The molecule has 84 valence electrons. The Morgan fingerprint density at radius 3 is 1.93 bits per heavy atom. The summed E-state index contributed by atoms with van der Waals surface area (Å²) in [4.78, 5) is 7.14. The molecule has 0 amide bonds. The lowest BCUT2D eigenvalue weighted by Crippen LogP contribution is -2.10. The predicted octanol–water partition coefficient (Wildman–Crippen LogP) is -0.408. The van der Waals surface area contributed by atoms with Crippen molar-refractivity contribution in [3.63, 3.8) is 0 Å². The van der Waals surface area contributed by atoms with E-state index in [0.29, 0.717) is 5.69 Å². The first-order valence-corrected chi connectivity index (χ1v) is 7.65. The zero-order chi connectivity index (χ0) is 11.9. The Kier molecular flexibility index (Phi) is 2.83.